The predicted octanol–water partition coefficient (Wildman–Crippen LogP) is 0.829. The first kappa shape index (κ1) is 14.9. The number of pyridine rings is 1. The summed E-state index contributed by atoms with van der Waals surface area (Å²) in [5, 5.41) is 3.96. The number of carbonyl (C=O) groups excluding carboxylic acids is 2. The minimum absolute atomic E-state index is 0.171. The lowest BCUT2D eigenvalue weighted by Gasteiger charge is -2.13. The van der Waals surface area contributed by atoms with Crippen molar-refractivity contribution in [3.8, 4) is 11.6 Å². The highest BCUT2D eigenvalue weighted by atomic mass is 16.6. The van der Waals surface area contributed by atoms with Gasteiger partial charge < -0.3 is 25.3 Å². The number of cyclic esters (lactones) is 1. The van der Waals surface area contributed by atoms with Crippen LogP contribution in [-0.4, -0.2) is 43.3 Å². The molecule has 23 heavy (non-hydrogen) atoms. The zero-order valence-electron chi connectivity index (χ0n) is 12.4. The lowest BCUT2D eigenvalue weighted by molar-refractivity contribution is 0.0997. The first-order valence-corrected chi connectivity index (χ1v) is 6.92. The largest absolute Gasteiger partial charge is 0.496 e. The van der Waals surface area contributed by atoms with Gasteiger partial charge in [-0.1, -0.05) is 0 Å². The van der Waals surface area contributed by atoms with E-state index in [1.165, 1.54) is 7.11 Å². The lowest BCUT2D eigenvalue weighted by atomic mass is 10.1. The molecule has 0 bridgehead atoms. The van der Waals surface area contributed by atoms with Crippen LogP contribution in [0.25, 0.3) is 10.8 Å². The van der Waals surface area contributed by atoms with Crippen LogP contribution in [0.1, 0.15) is 10.4 Å². The minimum atomic E-state index is -0.577. The van der Waals surface area contributed by atoms with Gasteiger partial charge in [0.1, 0.15) is 12.4 Å². The van der Waals surface area contributed by atoms with Crippen molar-refractivity contribution in [3.63, 3.8) is 0 Å². The first-order valence-electron chi connectivity index (χ1n) is 6.92. The van der Waals surface area contributed by atoms with Crippen LogP contribution < -0.4 is 20.5 Å². The fourth-order valence-corrected chi connectivity index (χ4v) is 2.35. The second-order valence-corrected chi connectivity index (χ2v) is 4.97. The number of aromatic nitrogens is 1. The van der Waals surface area contributed by atoms with Crippen LogP contribution in [0.15, 0.2) is 24.4 Å². The van der Waals surface area contributed by atoms with Crippen molar-refractivity contribution in [2.75, 3.05) is 20.3 Å². The number of primary amides is 1. The zero-order valence-corrected chi connectivity index (χ0v) is 12.4. The van der Waals surface area contributed by atoms with E-state index in [0.29, 0.717) is 23.6 Å². The third-order valence-corrected chi connectivity index (χ3v) is 3.47. The van der Waals surface area contributed by atoms with Gasteiger partial charge in [-0.15, -0.1) is 0 Å². The van der Waals surface area contributed by atoms with Crippen molar-refractivity contribution in [1.82, 2.24) is 10.3 Å². The molecule has 0 saturated carbocycles. The van der Waals surface area contributed by atoms with Crippen LogP contribution in [0, 0.1) is 0 Å². The number of rotatable bonds is 5. The molecule has 2 amide bonds. The minimum Gasteiger partial charge on any atom is -0.496 e. The van der Waals surface area contributed by atoms with Gasteiger partial charge in [0.2, 0.25) is 5.88 Å². The molecular weight excluding hydrogens is 302 g/mol. The maximum atomic E-state index is 11.5. The molecule has 3 rings (SSSR count). The Kier molecular flexibility index (Phi) is 3.88. The number of nitrogens with zero attached hydrogens (tertiary/aromatic N) is 1. The topological polar surface area (TPSA) is 113 Å². The van der Waals surface area contributed by atoms with Crippen LogP contribution in [0.2, 0.25) is 0 Å². The van der Waals surface area contributed by atoms with Gasteiger partial charge in [-0.3, -0.25) is 4.79 Å². The normalized spacial score (nSPS) is 16.7. The van der Waals surface area contributed by atoms with E-state index in [1.807, 2.05) is 0 Å². The van der Waals surface area contributed by atoms with Gasteiger partial charge in [-0.05, 0) is 23.6 Å². The van der Waals surface area contributed by atoms with Gasteiger partial charge in [0.05, 0.1) is 19.2 Å². The molecule has 0 aliphatic carbocycles. The number of nitrogens with one attached hydrogen (secondary N) is 1. The number of benzene rings is 1. The molecule has 1 aromatic carbocycles. The quantitative estimate of drug-likeness (QED) is 0.844. The van der Waals surface area contributed by atoms with Crippen molar-refractivity contribution < 1.29 is 23.8 Å². The summed E-state index contributed by atoms with van der Waals surface area (Å²) >= 11 is 0. The molecule has 8 heteroatoms. The van der Waals surface area contributed by atoms with Crippen molar-refractivity contribution in [3.05, 3.63) is 30.0 Å². The molecule has 2 aromatic rings. The Hall–Kier alpha value is -3.03. The van der Waals surface area contributed by atoms with Crippen molar-refractivity contribution in [2.24, 2.45) is 5.73 Å². The van der Waals surface area contributed by atoms with E-state index in [9.17, 15) is 9.59 Å². The zero-order chi connectivity index (χ0) is 16.4. The second-order valence-electron chi connectivity index (χ2n) is 4.97. The van der Waals surface area contributed by atoms with E-state index in [1.54, 1.807) is 24.4 Å². The molecule has 0 spiro atoms. The maximum Gasteiger partial charge on any atom is 0.407 e. The summed E-state index contributed by atoms with van der Waals surface area (Å²) in [6.45, 7) is 0.559. The van der Waals surface area contributed by atoms with Crippen LogP contribution >= 0.6 is 0 Å². The van der Waals surface area contributed by atoms with E-state index >= 15 is 0 Å². The molecule has 8 nitrogen and oxygen atoms in total. The van der Waals surface area contributed by atoms with Gasteiger partial charge in [-0.2, -0.15) is 0 Å². The number of ether oxygens (including phenoxy) is 3. The SMILES string of the molecule is COc1cc2c(OCC3CNC(=O)O3)nccc2cc1C(N)=O. The lowest BCUT2D eigenvalue weighted by Crippen LogP contribution is -2.22. The Balaban J connectivity index is 1.91. The fourth-order valence-electron chi connectivity index (χ4n) is 2.35. The number of carbonyl (C=O) groups is 2. The Morgan fingerprint density at radius 1 is 1.52 bits per heavy atom. The van der Waals surface area contributed by atoms with Crippen molar-refractivity contribution >= 4 is 22.8 Å². The number of amides is 2. The summed E-state index contributed by atoms with van der Waals surface area (Å²) in [6.07, 6.45) is 0.733. The number of hydrogen-bond acceptors (Lipinski definition) is 6. The van der Waals surface area contributed by atoms with Gasteiger partial charge >= 0.3 is 6.09 Å². The second kappa shape index (κ2) is 5.99. The fraction of sp³-hybridized carbons (Fsp3) is 0.267. The Bertz CT molecular complexity index is 777. The van der Waals surface area contributed by atoms with Crippen molar-refractivity contribution in [1.29, 1.82) is 0 Å². The molecule has 1 aliphatic rings. The van der Waals surface area contributed by atoms with Crippen molar-refractivity contribution in [2.45, 2.75) is 6.10 Å². The molecule has 1 atom stereocenters. The van der Waals surface area contributed by atoms with E-state index in [2.05, 4.69) is 10.3 Å². The van der Waals surface area contributed by atoms with Crippen LogP contribution in [-0.2, 0) is 4.74 Å². The van der Waals surface area contributed by atoms with E-state index in [4.69, 9.17) is 19.9 Å². The summed E-state index contributed by atoms with van der Waals surface area (Å²) in [6, 6.07) is 5.02. The summed E-state index contributed by atoms with van der Waals surface area (Å²) in [4.78, 5) is 26.7. The smallest absolute Gasteiger partial charge is 0.407 e. The molecule has 1 saturated heterocycles. The Morgan fingerprint density at radius 2 is 2.35 bits per heavy atom. The predicted molar refractivity (Wildman–Crippen MR) is 80.6 cm³/mol. The molecule has 2 heterocycles. The van der Waals surface area contributed by atoms with E-state index in [0.717, 1.165) is 5.39 Å². The summed E-state index contributed by atoms with van der Waals surface area (Å²) < 4.78 is 15.9. The average Bonchev–Trinajstić information content (AvgIpc) is 2.96. The highest BCUT2D eigenvalue weighted by Gasteiger charge is 2.23. The van der Waals surface area contributed by atoms with Gasteiger partial charge in [-0.25, -0.2) is 9.78 Å². The highest BCUT2D eigenvalue weighted by Crippen LogP contribution is 2.30. The standard InChI is InChI=1S/C15H15N3O5/c1-21-12-5-10-8(4-11(12)13(16)19)2-3-17-14(10)22-7-9-6-18-15(20)23-9/h2-5,9H,6-7H2,1H3,(H2,16,19)(H,18,20). The number of methoxy groups -OCH3 is 1. The summed E-state index contributed by atoms with van der Waals surface area (Å²) in [7, 11) is 1.45. The number of nitrogens with two attached hydrogens (primary N) is 1. The molecule has 1 aliphatic heterocycles. The Morgan fingerprint density at radius 3 is 3.00 bits per heavy atom. The molecule has 3 N–H and O–H groups in total. The highest BCUT2D eigenvalue weighted by molar-refractivity contribution is 6.01. The molecule has 1 aromatic heterocycles. The number of hydrogen-bond donors (Lipinski definition) is 2. The van der Waals surface area contributed by atoms with Crippen LogP contribution in [0.5, 0.6) is 11.6 Å². The third kappa shape index (κ3) is 2.96. The van der Waals surface area contributed by atoms with Gasteiger partial charge in [0.15, 0.2) is 6.10 Å². The molecular formula is C15H15N3O5. The third-order valence-electron chi connectivity index (χ3n) is 3.47. The Labute approximate surface area is 131 Å². The maximum absolute atomic E-state index is 11.5. The molecule has 120 valence electrons. The molecule has 1 unspecified atom stereocenters. The van der Waals surface area contributed by atoms with Gasteiger partial charge in [0, 0.05) is 11.6 Å². The average molecular weight is 317 g/mol. The van der Waals surface area contributed by atoms with Crippen LogP contribution in [0.4, 0.5) is 4.79 Å². The monoisotopic (exact) mass is 317 g/mol. The first-order chi connectivity index (χ1) is 11.1. The molecule has 0 radical (unpaired) electrons. The molecule has 1 fully saturated rings. The number of fused-ring (bicyclic) bond motifs is 1. The van der Waals surface area contributed by atoms with Gasteiger partial charge in [0.25, 0.3) is 5.91 Å². The van der Waals surface area contributed by atoms with E-state index < -0.39 is 12.0 Å². The summed E-state index contributed by atoms with van der Waals surface area (Å²) in [5.41, 5.74) is 5.64. The van der Waals surface area contributed by atoms with Crippen LogP contribution in [0.3, 0.4) is 0 Å². The summed E-state index contributed by atoms with van der Waals surface area (Å²) in [5.74, 6) is 0.128. The van der Waals surface area contributed by atoms with E-state index in [-0.39, 0.29) is 18.3 Å². The number of alkyl carbamates (subject to hydrolysis) is 1.